The summed E-state index contributed by atoms with van der Waals surface area (Å²) in [4.78, 5) is 43.0. The van der Waals surface area contributed by atoms with Crippen molar-refractivity contribution >= 4 is 23.8 Å². The van der Waals surface area contributed by atoms with Gasteiger partial charge in [-0.15, -0.1) is 0 Å². The van der Waals surface area contributed by atoms with Gasteiger partial charge in [0.1, 0.15) is 5.60 Å². The second kappa shape index (κ2) is 9.48. The van der Waals surface area contributed by atoms with Crippen LogP contribution >= 0.6 is 0 Å². The quantitative estimate of drug-likeness (QED) is 0.579. The number of nitrogens with zero attached hydrogens (tertiary/aromatic N) is 3. The summed E-state index contributed by atoms with van der Waals surface area (Å²) >= 11 is 0. The first-order chi connectivity index (χ1) is 16.9. The average Bonchev–Trinajstić information content (AvgIpc) is 3.18. The number of benzene rings is 2. The second-order valence-corrected chi connectivity index (χ2v) is 10.9. The summed E-state index contributed by atoms with van der Waals surface area (Å²) < 4.78 is 10.4. The SMILES string of the molecule is COC(=O)C(C)(C)c1ccc(-c2ccc(N3C[C@@H]4CN(C(=O)OC(C)(C)C)CCN4C3=O)cc2)cc1. The molecule has 4 rings (SSSR count). The first-order valence-corrected chi connectivity index (χ1v) is 12.3. The highest BCUT2D eigenvalue weighted by Crippen LogP contribution is 2.31. The Labute approximate surface area is 212 Å². The van der Waals surface area contributed by atoms with E-state index < -0.39 is 11.0 Å². The molecule has 2 aromatic rings. The number of anilines is 1. The highest BCUT2D eigenvalue weighted by atomic mass is 16.6. The fourth-order valence-corrected chi connectivity index (χ4v) is 4.70. The van der Waals surface area contributed by atoms with Crippen LogP contribution < -0.4 is 4.90 Å². The van der Waals surface area contributed by atoms with Crippen LogP contribution in [0.2, 0.25) is 0 Å². The maximum atomic E-state index is 13.1. The maximum Gasteiger partial charge on any atom is 0.410 e. The zero-order valence-corrected chi connectivity index (χ0v) is 21.9. The van der Waals surface area contributed by atoms with Crippen molar-refractivity contribution in [3.05, 3.63) is 54.1 Å². The van der Waals surface area contributed by atoms with E-state index in [4.69, 9.17) is 9.47 Å². The third kappa shape index (κ3) is 5.03. The largest absolute Gasteiger partial charge is 0.468 e. The number of carbonyl (C=O) groups excluding carboxylic acids is 3. The van der Waals surface area contributed by atoms with Crippen molar-refractivity contribution in [2.24, 2.45) is 0 Å². The van der Waals surface area contributed by atoms with Gasteiger partial charge in [-0.05, 0) is 63.4 Å². The van der Waals surface area contributed by atoms with Crippen LogP contribution in [0.4, 0.5) is 15.3 Å². The molecule has 1 atom stereocenters. The van der Waals surface area contributed by atoms with Gasteiger partial charge in [0, 0.05) is 31.9 Å². The molecule has 3 amide bonds. The van der Waals surface area contributed by atoms with E-state index in [9.17, 15) is 14.4 Å². The third-order valence-corrected chi connectivity index (χ3v) is 6.82. The Bertz CT molecular complexity index is 1140. The average molecular weight is 494 g/mol. The van der Waals surface area contributed by atoms with Crippen LogP contribution in [0.15, 0.2) is 48.5 Å². The number of methoxy groups -OCH3 is 1. The van der Waals surface area contributed by atoms with Crippen molar-refractivity contribution in [2.45, 2.75) is 51.7 Å². The highest BCUT2D eigenvalue weighted by molar-refractivity contribution is 5.95. The Morgan fingerprint density at radius 2 is 1.44 bits per heavy atom. The number of esters is 1. The molecule has 2 saturated heterocycles. The predicted molar refractivity (Wildman–Crippen MR) is 138 cm³/mol. The van der Waals surface area contributed by atoms with Crippen molar-refractivity contribution in [3.8, 4) is 11.1 Å². The molecule has 0 spiro atoms. The molecule has 2 aliphatic rings. The predicted octanol–water partition coefficient (Wildman–Crippen LogP) is 4.67. The molecule has 8 nitrogen and oxygen atoms in total. The van der Waals surface area contributed by atoms with Crippen molar-refractivity contribution in [1.82, 2.24) is 9.80 Å². The molecule has 2 heterocycles. The molecule has 0 saturated carbocycles. The number of urea groups is 1. The molecule has 2 fully saturated rings. The van der Waals surface area contributed by atoms with E-state index >= 15 is 0 Å². The van der Waals surface area contributed by atoms with E-state index in [2.05, 4.69) is 0 Å². The minimum Gasteiger partial charge on any atom is -0.468 e. The van der Waals surface area contributed by atoms with E-state index in [0.29, 0.717) is 26.2 Å². The van der Waals surface area contributed by atoms with Crippen molar-refractivity contribution in [2.75, 3.05) is 38.2 Å². The maximum absolute atomic E-state index is 13.1. The van der Waals surface area contributed by atoms with Gasteiger partial charge in [-0.1, -0.05) is 36.4 Å². The van der Waals surface area contributed by atoms with Crippen molar-refractivity contribution in [1.29, 1.82) is 0 Å². The van der Waals surface area contributed by atoms with Crippen LogP contribution in [-0.2, 0) is 19.7 Å². The van der Waals surface area contributed by atoms with E-state index in [-0.39, 0.29) is 24.1 Å². The lowest BCUT2D eigenvalue weighted by atomic mass is 9.84. The number of amides is 3. The van der Waals surface area contributed by atoms with Crippen LogP contribution in [0, 0.1) is 0 Å². The van der Waals surface area contributed by atoms with Gasteiger partial charge in [0.15, 0.2) is 0 Å². The fourth-order valence-electron chi connectivity index (χ4n) is 4.70. The minimum atomic E-state index is -0.724. The number of hydrogen-bond acceptors (Lipinski definition) is 5. The molecule has 0 N–H and O–H groups in total. The topological polar surface area (TPSA) is 79.4 Å². The van der Waals surface area contributed by atoms with Gasteiger partial charge in [0.25, 0.3) is 0 Å². The number of ether oxygens (including phenoxy) is 2. The summed E-state index contributed by atoms with van der Waals surface area (Å²) in [6.07, 6.45) is -0.335. The lowest BCUT2D eigenvalue weighted by Crippen LogP contribution is -2.54. The van der Waals surface area contributed by atoms with Crippen LogP contribution in [0.1, 0.15) is 40.2 Å². The smallest absolute Gasteiger partial charge is 0.410 e. The summed E-state index contributed by atoms with van der Waals surface area (Å²) in [7, 11) is 1.40. The first kappa shape index (κ1) is 25.5. The summed E-state index contributed by atoms with van der Waals surface area (Å²) in [5.74, 6) is -0.277. The molecule has 8 heteroatoms. The van der Waals surface area contributed by atoms with Crippen molar-refractivity contribution in [3.63, 3.8) is 0 Å². The Hall–Kier alpha value is -3.55. The molecule has 0 unspecified atom stereocenters. The van der Waals surface area contributed by atoms with Crippen LogP contribution in [0.5, 0.6) is 0 Å². The molecule has 0 radical (unpaired) electrons. The Morgan fingerprint density at radius 3 is 2.00 bits per heavy atom. The molecular weight excluding hydrogens is 458 g/mol. The number of fused-ring (bicyclic) bond motifs is 1. The molecule has 2 aliphatic heterocycles. The highest BCUT2D eigenvalue weighted by Gasteiger charge is 2.43. The fraction of sp³-hybridized carbons (Fsp3) is 0.464. The number of rotatable bonds is 4. The summed E-state index contributed by atoms with van der Waals surface area (Å²) in [6.45, 7) is 11.2. The summed E-state index contributed by atoms with van der Waals surface area (Å²) in [6, 6.07) is 15.6. The molecule has 0 bridgehead atoms. The standard InChI is InChI=1S/C28H35N3O5/c1-27(2,3)36-26(34)29-15-16-30-23(17-29)18-31(25(30)33)22-13-9-20(10-14-22)19-7-11-21(12-8-19)28(4,5)24(32)35-6/h7-14,23H,15-18H2,1-6H3/t23-/m0/s1. The molecule has 0 aliphatic carbocycles. The summed E-state index contributed by atoms with van der Waals surface area (Å²) in [5.41, 5.74) is 2.47. The first-order valence-electron chi connectivity index (χ1n) is 12.3. The van der Waals surface area contributed by atoms with E-state index in [0.717, 1.165) is 22.4 Å². The van der Waals surface area contributed by atoms with Gasteiger partial charge in [-0.25, -0.2) is 9.59 Å². The molecule has 2 aromatic carbocycles. The second-order valence-electron chi connectivity index (χ2n) is 10.9. The Morgan fingerprint density at radius 1 is 0.861 bits per heavy atom. The molecular formula is C28H35N3O5. The zero-order chi connectivity index (χ0) is 26.3. The molecule has 192 valence electrons. The zero-order valence-electron chi connectivity index (χ0n) is 21.9. The van der Waals surface area contributed by atoms with Crippen LogP contribution in [-0.4, -0.2) is 72.8 Å². The van der Waals surface area contributed by atoms with E-state index in [1.165, 1.54) is 7.11 Å². The normalized spacial score (nSPS) is 18.2. The third-order valence-electron chi connectivity index (χ3n) is 6.82. The van der Waals surface area contributed by atoms with Gasteiger partial charge < -0.3 is 19.3 Å². The van der Waals surface area contributed by atoms with E-state index in [1.54, 1.807) is 9.80 Å². The van der Waals surface area contributed by atoms with Crippen molar-refractivity contribution < 1.29 is 23.9 Å². The van der Waals surface area contributed by atoms with Gasteiger partial charge in [0.05, 0.1) is 18.6 Å². The van der Waals surface area contributed by atoms with Gasteiger partial charge >= 0.3 is 18.1 Å². The Kier molecular flexibility index (Phi) is 6.73. The van der Waals surface area contributed by atoms with Crippen LogP contribution in [0.25, 0.3) is 11.1 Å². The number of piperazine rings is 1. The molecule has 0 aromatic heterocycles. The summed E-state index contributed by atoms with van der Waals surface area (Å²) in [5, 5.41) is 0. The minimum absolute atomic E-state index is 0.0361. The number of hydrogen-bond donors (Lipinski definition) is 0. The van der Waals surface area contributed by atoms with Gasteiger partial charge in [-0.3, -0.25) is 9.69 Å². The lowest BCUT2D eigenvalue weighted by Gasteiger charge is -2.36. The number of carbonyl (C=O) groups is 3. The van der Waals surface area contributed by atoms with Gasteiger partial charge in [0.2, 0.25) is 0 Å². The van der Waals surface area contributed by atoms with E-state index in [1.807, 2.05) is 88.0 Å². The van der Waals surface area contributed by atoms with Crippen LogP contribution in [0.3, 0.4) is 0 Å². The Balaban J connectivity index is 1.44. The molecule has 36 heavy (non-hydrogen) atoms. The monoisotopic (exact) mass is 493 g/mol. The lowest BCUT2D eigenvalue weighted by molar-refractivity contribution is -0.146. The van der Waals surface area contributed by atoms with Gasteiger partial charge in [-0.2, -0.15) is 0 Å².